The maximum atomic E-state index is 12.8. The first kappa shape index (κ1) is 17.0. The minimum Gasteiger partial charge on any atom is -0.385 e. The highest BCUT2D eigenvalue weighted by Crippen LogP contribution is 2.35. The summed E-state index contributed by atoms with van der Waals surface area (Å²) in [5, 5.41) is 0. The third kappa shape index (κ3) is 3.70. The van der Waals surface area contributed by atoms with Crippen molar-refractivity contribution in [3.8, 4) is 0 Å². The van der Waals surface area contributed by atoms with Crippen LogP contribution in [0.2, 0.25) is 0 Å². The van der Waals surface area contributed by atoms with Crippen LogP contribution in [0.15, 0.2) is 18.2 Å². The highest BCUT2D eigenvalue weighted by atomic mass is 16.5. The van der Waals surface area contributed by atoms with Gasteiger partial charge in [0.1, 0.15) is 0 Å². The molecule has 1 aliphatic rings. The largest absolute Gasteiger partial charge is 0.385 e. The summed E-state index contributed by atoms with van der Waals surface area (Å²) in [7, 11) is 1.71. The van der Waals surface area contributed by atoms with Crippen LogP contribution in [0, 0.1) is 19.8 Å². The third-order valence-corrected chi connectivity index (χ3v) is 4.95. The van der Waals surface area contributed by atoms with E-state index in [9.17, 15) is 4.79 Å². The van der Waals surface area contributed by atoms with E-state index in [1.165, 1.54) is 16.7 Å². The molecule has 3 nitrogen and oxygen atoms in total. The minimum atomic E-state index is 0.0841. The van der Waals surface area contributed by atoms with Gasteiger partial charge in [-0.2, -0.15) is 0 Å². The number of amides is 1. The van der Waals surface area contributed by atoms with E-state index in [-0.39, 0.29) is 12.0 Å². The van der Waals surface area contributed by atoms with E-state index in [1.54, 1.807) is 7.11 Å². The van der Waals surface area contributed by atoms with Crippen molar-refractivity contribution in [1.29, 1.82) is 0 Å². The molecule has 1 aromatic carbocycles. The molecule has 0 spiro atoms. The second-order valence-electron chi connectivity index (χ2n) is 6.51. The van der Waals surface area contributed by atoms with E-state index in [0.29, 0.717) is 5.91 Å². The normalized spacial score (nSPS) is 19.5. The van der Waals surface area contributed by atoms with Gasteiger partial charge in [-0.05, 0) is 56.2 Å². The number of rotatable bonds is 6. The predicted molar refractivity (Wildman–Crippen MR) is 89.9 cm³/mol. The maximum absolute atomic E-state index is 12.8. The van der Waals surface area contributed by atoms with Crippen molar-refractivity contribution in [3.05, 3.63) is 34.9 Å². The highest BCUT2D eigenvalue weighted by Gasteiger charge is 2.32. The first-order valence-electron chi connectivity index (χ1n) is 8.41. The Hall–Kier alpha value is -1.35. The van der Waals surface area contributed by atoms with Crippen molar-refractivity contribution < 1.29 is 9.53 Å². The molecule has 1 fully saturated rings. The minimum absolute atomic E-state index is 0.0841. The first-order valence-corrected chi connectivity index (χ1v) is 8.41. The molecule has 0 radical (unpaired) electrons. The number of aryl methyl sites for hydroxylation is 1. The lowest BCUT2D eigenvalue weighted by Gasteiger charge is -2.29. The molecule has 0 N–H and O–H groups in total. The standard InChI is InChI=1S/C19H29NO2/c1-14-8-5-10-17(16(14)3)18-11-6-12-20(18)19(21)15(2)9-7-13-22-4/h5,8,10,15,18H,6-7,9,11-13H2,1-4H3/t15-,18-/m1/s1. The van der Waals surface area contributed by atoms with Gasteiger partial charge in [0.15, 0.2) is 0 Å². The van der Waals surface area contributed by atoms with Crippen LogP contribution in [-0.4, -0.2) is 31.1 Å². The summed E-state index contributed by atoms with van der Waals surface area (Å²) in [5.41, 5.74) is 3.97. The van der Waals surface area contributed by atoms with Gasteiger partial charge in [-0.1, -0.05) is 25.1 Å². The summed E-state index contributed by atoms with van der Waals surface area (Å²) < 4.78 is 5.09. The Labute approximate surface area is 134 Å². The van der Waals surface area contributed by atoms with Gasteiger partial charge in [-0.15, -0.1) is 0 Å². The van der Waals surface area contributed by atoms with Crippen molar-refractivity contribution in [2.75, 3.05) is 20.3 Å². The molecule has 1 saturated heterocycles. The molecule has 0 aliphatic carbocycles. The van der Waals surface area contributed by atoms with Gasteiger partial charge < -0.3 is 9.64 Å². The highest BCUT2D eigenvalue weighted by molar-refractivity contribution is 5.79. The van der Waals surface area contributed by atoms with Crippen LogP contribution < -0.4 is 0 Å². The zero-order valence-electron chi connectivity index (χ0n) is 14.4. The number of hydrogen-bond acceptors (Lipinski definition) is 2. The fourth-order valence-electron chi connectivity index (χ4n) is 3.43. The van der Waals surface area contributed by atoms with Gasteiger partial charge in [0.2, 0.25) is 5.91 Å². The molecule has 1 amide bonds. The van der Waals surface area contributed by atoms with E-state index >= 15 is 0 Å². The molecule has 1 aromatic rings. The van der Waals surface area contributed by atoms with Crippen LogP contribution in [0.25, 0.3) is 0 Å². The molecule has 22 heavy (non-hydrogen) atoms. The Kier molecular flexibility index (Phi) is 6.01. The van der Waals surface area contributed by atoms with Crippen LogP contribution in [0.5, 0.6) is 0 Å². The molecule has 122 valence electrons. The van der Waals surface area contributed by atoms with Gasteiger partial charge in [0.25, 0.3) is 0 Å². The second-order valence-corrected chi connectivity index (χ2v) is 6.51. The van der Waals surface area contributed by atoms with Crippen LogP contribution >= 0.6 is 0 Å². The summed E-state index contributed by atoms with van der Waals surface area (Å²) in [5.74, 6) is 0.389. The van der Waals surface area contributed by atoms with E-state index < -0.39 is 0 Å². The van der Waals surface area contributed by atoms with Gasteiger partial charge >= 0.3 is 0 Å². The van der Waals surface area contributed by atoms with E-state index in [0.717, 1.165) is 38.8 Å². The van der Waals surface area contributed by atoms with Crippen molar-refractivity contribution >= 4 is 5.91 Å². The molecule has 1 aliphatic heterocycles. The Morgan fingerprint density at radius 2 is 2.18 bits per heavy atom. The molecule has 3 heteroatoms. The zero-order valence-corrected chi connectivity index (χ0v) is 14.4. The number of carbonyl (C=O) groups excluding carboxylic acids is 1. The van der Waals surface area contributed by atoms with Crippen LogP contribution in [0.1, 0.15) is 55.3 Å². The SMILES string of the molecule is COCCC[C@@H](C)C(=O)N1CCC[C@@H]1c1cccc(C)c1C. The number of benzene rings is 1. The van der Waals surface area contributed by atoms with Crippen LogP contribution in [0.4, 0.5) is 0 Å². The van der Waals surface area contributed by atoms with Crippen molar-refractivity contribution in [2.24, 2.45) is 5.92 Å². The van der Waals surface area contributed by atoms with Crippen molar-refractivity contribution in [1.82, 2.24) is 4.90 Å². The fourth-order valence-corrected chi connectivity index (χ4v) is 3.43. The molecule has 0 unspecified atom stereocenters. The Morgan fingerprint density at radius 1 is 1.41 bits per heavy atom. The third-order valence-electron chi connectivity index (χ3n) is 4.95. The number of carbonyl (C=O) groups is 1. The monoisotopic (exact) mass is 303 g/mol. The molecule has 0 saturated carbocycles. The Balaban J connectivity index is 2.10. The first-order chi connectivity index (χ1) is 10.6. The van der Waals surface area contributed by atoms with Crippen molar-refractivity contribution in [2.45, 2.75) is 52.5 Å². The summed E-state index contributed by atoms with van der Waals surface area (Å²) >= 11 is 0. The van der Waals surface area contributed by atoms with Crippen LogP contribution in [0.3, 0.4) is 0 Å². The van der Waals surface area contributed by atoms with E-state index in [2.05, 4.69) is 43.9 Å². The summed E-state index contributed by atoms with van der Waals surface area (Å²) in [6.07, 6.45) is 4.05. The van der Waals surface area contributed by atoms with E-state index in [1.807, 2.05) is 0 Å². The molecule has 2 atom stereocenters. The number of hydrogen-bond donors (Lipinski definition) is 0. The van der Waals surface area contributed by atoms with Gasteiger partial charge in [0.05, 0.1) is 6.04 Å². The molecule has 0 bridgehead atoms. The zero-order chi connectivity index (χ0) is 16.1. The average molecular weight is 303 g/mol. The number of nitrogens with zero attached hydrogens (tertiary/aromatic N) is 1. The fraction of sp³-hybridized carbons (Fsp3) is 0.632. The Morgan fingerprint density at radius 3 is 2.91 bits per heavy atom. The summed E-state index contributed by atoms with van der Waals surface area (Å²) in [6.45, 7) is 8.00. The van der Waals surface area contributed by atoms with Crippen molar-refractivity contribution in [3.63, 3.8) is 0 Å². The quantitative estimate of drug-likeness (QED) is 0.743. The predicted octanol–water partition coefficient (Wildman–Crippen LogP) is 4.03. The topological polar surface area (TPSA) is 29.5 Å². The average Bonchev–Trinajstić information content (AvgIpc) is 2.98. The Bertz CT molecular complexity index is 512. The summed E-state index contributed by atoms with van der Waals surface area (Å²) in [4.78, 5) is 14.9. The number of likely N-dealkylation sites (tertiary alicyclic amines) is 1. The number of ether oxygens (including phenoxy) is 1. The molecular weight excluding hydrogens is 274 g/mol. The maximum Gasteiger partial charge on any atom is 0.225 e. The molecule has 2 rings (SSSR count). The lowest BCUT2D eigenvalue weighted by atomic mass is 9.95. The lowest BCUT2D eigenvalue weighted by molar-refractivity contribution is -0.136. The molecular formula is C19H29NO2. The summed E-state index contributed by atoms with van der Waals surface area (Å²) in [6, 6.07) is 6.71. The van der Waals surface area contributed by atoms with Crippen LogP contribution in [-0.2, 0) is 9.53 Å². The van der Waals surface area contributed by atoms with Gasteiger partial charge in [-0.25, -0.2) is 0 Å². The number of methoxy groups -OCH3 is 1. The van der Waals surface area contributed by atoms with Gasteiger partial charge in [-0.3, -0.25) is 4.79 Å². The molecule has 1 heterocycles. The lowest BCUT2D eigenvalue weighted by Crippen LogP contribution is -2.35. The second kappa shape index (κ2) is 7.77. The molecule has 0 aromatic heterocycles. The van der Waals surface area contributed by atoms with Gasteiger partial charge in [0, 0.05) is 26.2 Å². The van der Waals surface area contributed by atoms with E-state index in [4.69, 9.17) is 4.74 Å². The smallest absolute Gasteiger partial charge is 0.225 e.